The number of aromatic nitrogens is 2. The van der Waals surface area contributed by atoms with E-state index < -0.39 is 17.3 Å². The smallest absolute Gasteiger partial charge is 0.384 e. The Bertz CT molecular complexity index is 635. The summed E-state index contributed by atoms with van der Waals surface area (Å²) < 4.78 is 39.9. The van der Waals surface area contributed by atoms with Gasteiger partial charge in [-0.15, -0.1) is 0 Å². The number of nitrogens with zero attached hydrogens (tertiary/aromatic N) is 2. The van der Waals surface area contributed by atoms with Crippen LogP contribution in [0.1, 0.15) is 25.0 Å². The van der Waals surface area contributed by atoms with Crippen molar-refractivity contribution in [3.63, 3.8) is 0 Å². The molecule has 0 unspecified atom stereocenters. The number of aryl methyl sites for hydroxylation is 1. The molecule has 22 heavy (non-hydrogen) atoms. The number of hydrogen-bond donors (Lipinski definition) is 2. The van der Waals surface area contributed by atoms with E-state index in [0.29, 0.717) is 12.2 Å². The van der Waals surface area contributed by atoms with Gasteiger partial charge >= 0.3 is 6.18 Å². The molecule has 1 atom stereocenters. The Balaban J connectivity index is 2.12. The normalized spacial score (nSPS) is 14.6. The van der Waals surface area contributed by atoms with Crippen molar-refractivity contribution in [3.05, 3.63) is 47.8 Å². The summed E-state index contributed by atoms with van der Waals surface area (Å²) in [6.45, 7) is 4.20. The van der Waals surface area contributed by atoms with Crippen molar-refractivity contribution < 1.29 is 18.3 Å². The zero-order valence-corrected chi connectivity index (χ0v) is 12.4. The second-order valence-electron chi connectivity index (χ2n) is 5.29. The summed E-state index contributed by atoms with van der Waals surface area (Å²) in [5, 5.41) is 17.5. The van der Waals surface area contributed by atoms with Gasteiger partial charge in [0.15, 0.2) is 0 Å². The Morgan fingerprint density at radius 2 is 1.95 bits per heavy atom. The summed E-state index contributed by atoms with van der Waals surface area (Å²) >= 11 is 0. The predicted molar refractivity (Wildman–Crippen MR) is 77.4 cm³/mol. The van der Waals surface area contributed by atoms with Gasteiger partial charge in [0, 0.05) is 19.3 Å². The molecule has 0 aliphatic rings. The second kappa shape index (κ2) is 6.00. The third-order valence-electron chi connectivity index (χ3n) is 3.41. The maximum Gasteiger partial charge on any atom is 0.416 e. The zero-order valence-electron chi connectivity index (χ0n) is 12.4. The number of nitrogens with one attached hydrogen (secondary N) is 1. The van der Waals surface area contributed by atoms with E-state index in [1.807, 2.05) is 6.92 Å². The molecular formula is C15H18F3N3O. The van der Waals surface area contributed by atoms with Crippen LogP contribution in [0.3, 0.4) is 0 Å². The maximum atomic E-state index is 12.7. The molecule has 0 bridgehead atoms. The van der Waals surface area contributed by atoms with E-state index in [2.05, 4.69) is 10.4 Å². The van der Waals surface area contributed by atoms with Gasteiger partial charge < -0.3 is 10.4 Å². The fourth-order valence-electron chi connectivity index (χ4n) is 2.03. The van der Waals surface area contributed by atoms with Crippen LogP contribution in [0.4, 0.5) is 18.9 Å². The largest absolute Gasteiger partial charge is 0.416 e. The molecule has 0 amide bonds. The van der Waals surface area contributed by atoms with Crippen LogP contribution in [0.5, 0.6) is 0 Å². The summed E-state index contributed by atoms with van der Waals surface area (Å²) in [7, 11) is 0. The topological polar surface area (TPSA) is 50.1 Å². The van der Waals surface area contributed by atoms with Crippen molar-refractivity contribution in [2.24, 2.45) is 0 Å². The summed E-state index contributed by atoms with van der Waals surface area (Å²) in [5.41, 5.74) is -1.30. The maximum absolute atomic E-state index is 12.7. The first-order valence-electron chi connectivity index (χ1n) is 6.89. The highest BCUT2D eigenvalue weighted by Crippen LogP contribution is 2.32. The lowest BCUT2D eigenvalue weighted by Gasteiger charge is -2.25. The molecule has 120 valence electrons. The zero-order chi connectivity index (χ0) is 16.4. The van der Waals surface area contributed by atoms with Crippen LogP contribution in [0.15, 0.2) is 36.7 Å². The van der Waals surface area contributed by atoms with Gasteiger partial charge in [0.1, 0.15) is 5.60 Å². The lowest BCUT2D eigenvalue weighted by molar-refractivity contribution is -0.137. The highest BCUT2D eigenvalue weighted by molar-refractivity contribution is 5.40. The molecule has 0 radical (unpaired) electrons. The van der Waals surface area contributed by atoms with E-state index in [1.54, 1.807) is 17.1 Å². The van der Waals surface area contributed by atoms with E-state index in [4.69, 9.17) is 0 Å². The molecule has 0 aliphatic heterocycles. The Labute approximate surface area is 126 Å². The van der Waals surface area contributed by atoms with Crippen molar-refractivity contribution in [1.82, 2.24) is 9.78 Å². The van der Waals surface area contributed by atoms with E-state index in [9.17, 15) is 18.3 Å². The number of aliphatic hydroxyl groups is 1. The molecule has 2 rings (SSSR count). The molecule has 0 spiro atoms. The number of rotatable bonds is 5. The van der Waals surface area contributed by atoms with Gasteiger partial charge in [-0.05, 0) is 31.5 Å². The summed E-state index contributed by atoms with van der Waals surface area (Å²) in [6.07, 6.45) is -1.06. The van der Waals surface area contributed by atoms with E-state index in [0.717, 1.165) is 12.1 Å². The summed E-state index contributed by atoms with van der Waals surface area (Å²) in [5.74, 6) is 0. The minimum atomic E-state index is -4.43. The molecule has 0 saturated heterocycles. The van der Waals surface area contributed by atoms with Crippen LogP contribution in [-0.4, -0.2) is 21.4 Å². The molecule has 0 saturated carbocycles. The average Bonchev–Trinajstić information content (AvgIpc) is 2.93. The first-order chi connectivity index (χ1) is 10.2. The Hall–Kier alpha value is -2.02. The number of hydrogen-bond acceptors (Lipinski definition) is 3. The molecule has 2 aromatic rings. The SMILES string of the molecule is CCn1cc(NC[C@](C)(O)c2cccc(C(F)(F)F)c2)cn1. The molecule has 1 heterocycles. The van der Waals surface area contributed by atoms with Crippen molar-refractivity contribution >= 4 is 5.69 Å². The van der Waals surface area contributed by atoms with E-state index >= 15 is 0 Å². The van der Waals surface area contributed by atoms with Crippen LogP contribution in [0.25, 0.3) is 0 Å². The van der Waals surface area contributed by atoms with Crippen LogP contribution in [-0.2, 0) is 18.3 Å². The minimum absolute atomic E-state index is 0.0731. The first-order valence-corrected chi connectivity index (χ1v) is 6.89. The fourth-order valence-corrected chi connectivity index (χ4v) is 2.03. The van der Waals surface area contributed by atoms with Gasteiger partial charge in [-0.1, -0.05) is 12.1 Å². The number of halogens is 3. The van der Waals surface area contributed by atoms with Crippen LogP contribution in [0.2, 0.25) is 0 Å². The Morgan fingerprint density at radius 3 is 2.55 bits per heavy atom. The third kappa shape index (κ3) is 3.79. The van der Waals surface area contributed by atoms with Gasteiger partial charge in [0.05, 0.1) is 17.4 Å². The predicted octanol–water partition coefficient (Wildman–Crippen LogP) is 3.24. The lowest BCUT2D eigenvalue weighted by Crippen LogP contribution is -2.31. The van der Waals surface area contributed by atoms with Gasteiger partial charge in [0.25, 0.3) is 0 Å². The number of anilines is 1. The molecule has 1 aromatic carbocycles. The molecule has 4 nitrogen and oxygen atoms in total. The van der Waals surface area contributed by atoms with E-state index in [1.165, 1.54) is 19.1 Å². The van der Waals surface area contributed by atoms with Crippen LogP contribution < -0.4 is 5.32 Å². The van der Waals surface area contributed by atoms with E-state index in [-0.39, 0.29) is 12.1 Å². The van der Waals surface area contributed by atoms with Gasteiger partial charge in [-0.2, -0.15) is 18.3 Å². The second-order valence-corrected chi connectivity index (χ2v) is 5.29. The van der Waals surface area contributed by atoms with Gasteiger partial charge in [-0.3, -0.25) is 4.68 Å². The summed E-state index contributed by atoms with van der Waals surface area (Å²) in [4.78, 5) is 0. The Kier molecular flexibility index (Phi) is 4.46. The molecule has 2 N–H and O–H groups in total. The minimum Gasteiger partial charge on any atom is -0.384 e. The molecule has 0 aliphatic carbocycles. The summed E-state index contributed by atoms with van der Waals surface area (Å²) in [6, 6.07) is 4.73. The average molecular weight is 313 g/mol. The van der Waals surface area contributed by atoms with Crippen LogP contribution in [0, 0.1) is 0 Å². The van der Waals surface area contributed by atoms with Crippen LogP contribution >= 0.6 is 0 Å². The van der Waals surface area contributed by atoms with Crippen molar-refractivity contribution in [2.75, 3.05) is 11.9 Å². The van der Waals surface area contributed by atoms with Gasteiger partial charge in [-0.25, -0.2) is 0 Å². The monoisotopic (exact) mass is 313 g/mol. The standard InChI is InChI=1S/C15H18F3N3O/c1-3-21-9-13(8-20-21)19-10-14(2,22)11-5-4-6-12(7-11)15(16,17)18/h4-9,19,22H,3,10H2,1-2H3/t14-/m0/s1. The highest BCUT2D eigenvalue weighted by Gasteiger charge is 2.32. The third-order valence-corrected chi connectivity index (χ3v) is 3.41. The van der Waals surface area contributed by atoms with Crippen molar-refractivity contribution in [1.29, 1.82) is 0 Å². The van der Waals surface area contributed by atoms with Gasteiger partial charge in [0.2, 0.25) is 0 Å². The molecule has 7 heteroatoms. The molecule has 1 aromatic heterocycles. The number of benzene rings is 1. The highest BCUT2D eigenvalue weighted by atomic mass is 19.4. The number of alkyl halides is 3. The fraction of sp³-hybridized carbons (Fsp3) is 0.400. The molecular weight excluding hydrogens is 295 g/mol. The Morgan fingerprint density at radius 1 is 1.27 bits per heavy atom. The quantitative estimate of drug-likeness (QED) is 0.891. The van der Waals surface area contributed by atoms with Crippen molar-refractivity contribution in [3.8, 4) is 0 Å². The lowest BCUT2D eigenvalue weighted by atomic mass is 9.94. The molecule has 0 fully saturated rings. The van der Waals surface area contributed by atoms with Crippen molar-refractivity contribution in [2.45, 2.75) is 32.2 Å². The first kappa shape index (κ1) is 16.4.